The molecule has 2 heterocycles. The topological polar surface area (TPSA) is 51.9 Å². The highest BCUT2D eigenvalue weighted by molar-refractivity contribution is 6.01. The molecule has 26 heavy (non-hydrogen) atoms. The van der Waals surface area contributed by atoms with Gasteiger partial charge in [0.05, 0.1) is 18.8 Å². The zero-order chi connectivity index (χ0) is 18.7. The van der Waals surface area contributed by atoms with Crippen molar-refractivity contribution in [3.63, 3.8) is 0 Å². The second kappa shape index (κ2) is 7.57. The molecule has 1 unspecified atom stereocenters. The van der Waals surface area contributed by atoms with Gasteiger partial charge in [-0.2, -0.15) is 13.2 Å². The van der Waals surface area contributed by atoms with Crippen LogP contribution in [-0.2, 0) is 15.9 Å². The van der Waals surface area contributed by atoms with Gasteiger partial charge in [-0.25, -0.2) is 4.79 Å². The molecule has 0 spiro atoms. The molecule has 8 heteroatoms. The third kappa shape index (κ3) is 4.30. The number of hydrogen-bond acceptors (Lipinski definition) is 4. The Labute approximate surface area is 148 Å². The molecule has 3 rings (SSSR count). The fraction of sp³-hybridized carbons (Fsp3) is 0.500. The fourth-order valence-corrected chi connectivity index (χ4v) is 3.07. The van der Waals surface area contributed by atoms with Crippen molar-refractivity contribution in [3.8, 4) is 0 Å². The van der Waals surface area contributed by atoms with Crippen LogP contribution in [0.4, 0.5) is 23.7 Å². The molecule has 0 bridgehead atoms. The molecule has 0 saturated carbocycles. The largest absolute Gasteiger partial charge is 0.462 e. The molecule has 1 aliphatic heterocycles. The SMILES string of the molecule is COCC1CN(c2coc3cc(CCCCC(F)(F)F)ccc23)C(=O)O1. The van der Waals surface area contributed by atoms with Gasteiger partial charge in [0, 0.05) is 18.9 Å². The Morgan fingerprint density at radius 1 is 1.31 bits per heavy atom. The second-order valence-electron chi connectivity index (χ2n) is 6.35. The quantitative estimate of drug-likeness (QED) is 0.663. The molecule has 1 saturated heterocycles. The number of benzene rings is 1. The monoisotopic (exact) mass is 371 g/mol. The van der Waals surface area contributed by atoms with Crippen LogP contribution in [0.5, 0.6) is 0 Å². The number of cyclic esters (lactones) is 1. The van der Waals surface area contributed by atoms with Gasteiger partial charge in [0.15, 0.2) is 0 Å². The van der Waals surface area contributed by atoms with Gasteiger partial charge in [-0.05, 0) is 37.0 Å². The Bertz CT molecular complexity index is 771. The summed E-state index contributed by atoms with van der Waals surface area (Å²) in [4.78, 5) is 13.5. The van der Waals surface area contributed by atoms with Crippen LogP contribution in [0.3, 0.4) is 0 Å². The highest BCUT2D eigenvalue weighted by Gasteiger charge is 2.34. The lowest BCUT2D eigenvalue weighted by atomic mass is 10.1. The molecule has 0 aliphatic carbocycles. The number of hydrogen-bond donors (Lipinski definition) is 0. The van der Waals surface area contributed by atoms with Crippen molar-refractivity contribution in [1.29, 1.82) is 0 Å². The first-order chi connectivity index (χ1) is 12.4. The highest BCUT2D eigenvalue weighted by Crippen LogP contribution is 2.33. The molecule has 5 nitrogen and oxygen atoms in total. The van der Waals surface area contributed by atoms with Crippen LogP contribution >= 0.6 is 0 Å². The Morgan fingerprint density at radius 3 is 2.85 bits per heavy atom. The number of furan rings is 1. The maximum atomic E-state index is 12.2. The number of halogens is 3. The smallest absolute Gasteiger partial charge is 0.414 e. The molecule has 1 aromatic carbocycles. The molecular weight excluding hydrogens is 351 g/mol. The summed E-state index contributed by atoms with van der Waals surface area (Å²) >= 11 is 0. The summed E-state index contributed by atoms with van der Waals surface area (Å²) in [5.74, 6) is 0. The minimum atomic E-state index is -4.11. The number of ether oxygens (including phenoxy) is 2. The molecular formula is C18H20F3NO4. The Morgan fingerprint density at radius 2 is 2.12 bits per heavy atom. The van der Waals surface area contributed by atoms with Crippen LogP contribution in [0.1, 0.15) is 24.8 Å². The number of nitrogens with zero attached hydrogens (tertiary/aromatic N) is 1. The van der Waals surface area contributed by atoms with Crippen molar-refractivity contribution >= 4 is 22.7 Å². The van der Waals surface area contributed by atoms with Crippen molar-refractivity contribution in [2.24, 2.45) is 0 Å². The first-order valence-corrected chi connectivity index (χ1v) is 8.41. The number of fused-ring (bicyclic) bond motifs is 1. The summed E-state index contributed by atoms with van der Waals surface area (Å²) in [5, 5.41) is 0.763. The normalized spacial score (nSPS) is 17.9. The molecule has 1 fully saturated rings. The summed E-state index contributed by atoms with van der Waals surface area (Å²) in [5.41, 5.74) is 2.12. The van der Waals surface area contributed by atoms with Crippen molar-refractivity contribution < 1.29 is 31.9 Å². The lowest BCUT2D eigenvalue weighted by Crippen LogP contribution is -2.25. The minimum absolute atomic E-state index is 0.103. The molecule has 1 aromatic heterocycles. The lowest BCUT2D eigenvalue weighted by molar-refractivity contribution is -0.135. The minimum Gasteiger partial charge on any atom is -0.462 e. The van der Waals surface area contributed by atoms with E-state index in [0.29, 0.717) is 37.3 Å². The highest BCUT2D eigenvalue weighted by atomic mass is 19.4. The molecule has 0 radical (unpaired) electrons. The van der Waals surface area contributed by atoms with Gasteiger partial charge in [-0.1, -0.05) is 6.07 Å². The maximum absolute atomic E-state index is 12.2. The number of carbonyl (C=O) groups excluding carboxylic acids is 1. The number of rotatable bonds is 7. The number of methoxy groups -OCH3 is 1. The van der Waals surface area contributed by atoms with E-state index in [0.717, 1.165) is 10.9 Å². The van der Waals surface area contributed by atoms with E-state index in [1.807, 2.05) is 12.1 Å². The molecule has 1 amide bonds. The van der Waals surface area contributed by atoms with Crippen LogP contribution in [0.15, 0.2) is 28.9 Å². The van der Waals surface area contributed by atoms with Gasteiger partial charge < -0.3 is 13.9 Å². The number of carbonyl (C=O) groups is 1. The van der Waals surface area contributed by atoms with Crippen molar-refractivity contribution in [3.05, 3.63) is 30.0 Å². The van der Waals surface area contributed by atoms with Gasteiger partial charge in [0.25, 0.3) is 0 Å². The summed E-state index contributed by atoms with van der Waals surface area (Å²) in [6.07, 6.45) is -3.05. The average molecular weight is 371 g/mol. The van der Waals surface area contributed by atoms with Crippen LogP contribution in [0, 0.1) is 0 Å². The molecule has 1 atom stereocenters. The van der Waals surface area contributed by atoms with Crippen LogP contribution in [0.25, 0.3) is 11.0 Å². The van der Waals surface area contributed by atoms with Crippen LogP contribution < -0.4 is 4.90 Å². The van der Waals surface area contributed by atoms with Gasteiger partial charge in [-0.3, -0.25) is 4.90 Å². The lowest BCUT2D eigenvalue weighted by Gasteiger charge is -2.10. The van der Waals surface area contributed by atoms with E-state index in [1.165, 1.54) is 11.2 Å². The molecule has 1 aliphatic rings. The number of alkyl halides is 3. The Kier molecular flexibility index (Phi) is 5.41. The molecule has 2 aromatic rings. The third-order valence-electron chi connectivity index (χ3n) is 4.31. The summed E-state index contributed by atoms with van der Waals surface area (Å²) in [6.45, 7) is 0.695. The van der Waals surface area contributed by atoms with Crippen LogP contribution in [-0.4, -0.2) is 38.6 Å². The third-order valence-corrected chi connectivity index (χ3v) is 4.31. The van der Waals surface area contributed by atoms with E-state index in [2.05, 4.69) is 0 Å². The Balaban J connectivity index is 1.67. The molecule has 0 N–H and O–H groups in total. The zero-order valence-corrected chi connectivity index (χ0v) is 14.3. The zero-order valence-electron chi connectivity index (χ0n) is 14.3. The number of aryl methyl sites for hydroxylation is 1. The summed E-state index contributed by atoms with van der Waals surface area (Å²) in [7, 11) is 1.54. The average Bonchev–Trinajstić information content (AvgIpc) is 3.14. The second-order valence-corrected chi connectivity index (χ2v) is 6.35. The summed E-state index contributed by atoms with van der Waals surface area (Å²) in [6, 6.07) is 5.48. The summed E-state index contributed by atoms with van der Waals surface area (Å²) < 4.78 is 52.3. The van der Waals surface area contributed by atoms with Gasteiger partial charge in [0.1, 0.15) is 18.0 Å². The van der Waals surface area contributed by atoms with E-state index in [9.17, 15) is 18.0 Å². The van der Waals surface area contributed by atoms with E-state index in [1.54, 1.807) is 13.2 Å². The molecule has 142 valence electrons. The van der Waals surface area contributed by atoms with Crippen molar-refractivity contribution in [1.82, 2.24) is 0 Å². The van der Waals surface area contributed by atoms with Crippen molar-refractivity contribution in [2.45, 2.75) is 38.0 Å². The van der Waals surface area contributed by atoms with E-state index < -0.39 is 18.7 Å². The van der Waals surface area contributed by atoms with Crippen molar-refractivity contribution in [2.75, 3.05) is 25.2 Å². The number of unbranched alkanes of at least 4 members (excludes halogenated alkanes) is 1. The van der Waals surface area contributed by atoms with Gasteiger partial charge in [-0.15, -0.1) is 0 Å². The van der Waals surface area contributed by atoms with E-state index in [4.69, 9.17) is 13.9 Å². The maximum Gasteiger partial charge on any atom is 0.414 e. The first kappa shape index (κ1) is 18.6. The number of amides is 1. The van der Waals surface area contributed by atoms with Crippen LogP contribution in [0.2, 0.25) is 0 Å². The fourth-order valence-electron chi connectivity index (χ4n) is 3.07. The van der Waals surface area contributed by atoms with Gasteiger partial charge in [0.2, 0.25) is 0 Å². The standard InChI is InChI=1S/C18H20F3NO4/c1-24-10-13-9-22(17(23)26-13)15-11-25-16-8-12(5-6-14(15)16)4-2-3-7-18(19,20)21/h5-6,8,11,13H,2-4,7,9-10H2,1H3. The van der Waals surface area contributed by atoms with E-state index >= 15 is 0 Å². The number of anilines is 1. The predicted octanol–water partition coefficient (Wildman–Crippen LogP) is 4.68. The Hall–Kier alpha value is -2.22. The first-order valence-electron chi connectivity index (χ1n) is 8.41. The van der Waals surface area contributed by atoms with Gasteiger partial charge >= 0.3 is 12.3 Å². The van der Waals surface area contributed by atoms with E-state index in [-0.39, 0.29) is 12.5 Å². The predicted molar refractivity (Wildman–Crippen MR) is 89.3 cm³/mol.